The molecule has 1 aromatic carbocycles. The summed E-state index contributed by atoms with van der Waals surface area (Å²) in [5, 5.41) is 18.0. The Bertz CT molecular complexity index is 690. The van der Waals surface area contributed by atoms with E-state index in [1.165, 1.54) is 20.2 Å². The summed E-state index contributed by atoms with van der Waals surface area (Å²) < 4.78 is 5.16. The van der Waals surface area contributed by atoms with Crippen molar-refractivity contribution < 1.29 is 24.2 Å². The summed E-state index contributed by atoms with van der Waals surface area (Å²) in [4.78, 5) is 35.5. The largest absolute Gasteiger partial charge is 0.481 e. The van der Waals surface area contributed by atoms with Gasteiger partial charge in [-0.2, -0.15) is 5.10 Å². The monoisotopic (exact) mass is 392 g/mol. The maximum absolute atomic E-state index is 12.2. The lowest BCUT2D eigenvalue weighted by atomic mass is 9.96. The normalized spacial score (nSPS) is 14.2. The lowest BCUT2D eigenvalue weighted by Gasteiger charge is -2.25. The summed E-state index contributed by atoms with van der Waals surface area (Å²) in [6, 6.07) is 6.30. The average Bonchev–Trinajstić information content (AvgIpc) is 2.66. The molecule has 9 nitrogen and oxygen atoms in total. The Morgan fingerprint density at radius 2 is 1.79 bits per heavy atom. The maximum atomic E-state index is 12.2. The van der Waals surface area contributed by atoms with Crippen LogP contribution in [0.15, 0.2) is 29.4 Å². The van der Waals surface area contributed by atoms with Gasteiger partial charge >= 0.3 is 5.97 Å². The van der Waals surface area contributed by atoms with Crippen molar-refractivity contribution in [2.75, 3.05) is 12.4 Å². The van der Waals surface area contributed by atoms with Crippen LogP contribution >= 0.6 is 0 Å². The lowest BCUT2D eigenvalue weighted by molar-refractivity contribution is -0.142. The van der Waals surface area contributed by atoms with Crippen molar-refractivity contribution in [2.45, 2.75) is 45.3 Å². The highest BCUT2D eigenvalue weighted by Gasteiger charge is 2.27. The van der Waals surface area contributed by atoms with Gasteiger partial charge in [-0.15, -0.1) is 0 Å². The summed E-state index contributed by atoms with van der Waals surface area (Å²) in [5.74, 6) is 2.60. The number of benzene rings is 1. The quantitative estimate of drug-likeness (QED) is 0.254. The number of nitrogens with zero attached hydrogens (tertiary/aromatic N) is 1. The van der Waals surface area contributed by atoms with Crippen LogP contribution in [0.5, 0.6) is 0 Å². The van der Waals surface area contributed by atoms with Crippen LogP contribution in [0.2, 0.25) is 0 Å². The fourth-order valence-electron chi connectivity index (χ4n) is 2.48. The van der Waals surface area contributed by atoms with Crippen LogP contribution in [0.4, 0.5) is 5.69 Å². The van der Waals surface area contributed by atoms with Gasteiger partial charge in [0.1, 0.15) is 0 Å². The molecule has 0 aromatic heterocycles. The third-order valence-corrected chi connectivity index (χ3v) is 4.32. The number of hydrogen-bond acceptors (Lipinski definition) is 6. The summed E-state index contributed by atoms with van der Waals surface area (Å²) in [6.07, 6.45) is 1.57. The number of carboxylic acids is 1. The van der Waals surface area contributed by atoms with E-state index >= 15 is 0 Å². The molecular formula is C19H28N4O5. The molecule has 0 radical (unpaired) electrons. The number of anilines is 1. The van der Waals surface area contributed by atoms with Crippen molar-refractivity contribution in [3.63, 3.8) is 0 Å². The molecule has 154 valence electrons. The van der Waals surface area contributed by atoms with Crippen LogP contribution in [0.3, 0.4) is 0 Å². The molecule has 0 spiro atoms. The molecule has 2 amide bonds. The Hall–Kier alpha value is -2.94. The van der Waals surface area contributed by atoms with E-state index in [1.807, 2.05) is 0 Å². The fourth-order valence-corrected chi connectivity index (χ4v) is 2.48. The van der Waals surface area contributed by atoms with Gasteiger partial charge in [-0.25, -0.2) is 0 Å². The standard InChI is InChI=1S/C19H28N4O5/c1-12(28-3)10-16(13(2)19(26)27)23-18(25)9-8-17(24)22-15-6-4-14(5-7-15)11-21-20/h4-7,11-13,16H,8-10,20H2,1-3H3,(H,22,24)(H,23,25)(H,26,27). The molecule has 0 saturated heterocycles. The minimum Gasteiger partial charge on any atom is -0.481 e. The first-order valence-corrected chi connectivity index (χ1v) is 8.95. The van der Waals surface area contributed by atoms with Gasteiger partial charge in [0.05, 0.1) is 18.2 Å². The predicted octanol–water partition coefficient (Wildman–Crippen LogP) is 1.33. The van der Waals surface area contributed by atoms with Crippen LogP contribution in [0.25, 0.3) is 0 Å². The van der Waals surface area contributed by atoms with Crippen molar-refractivity contribution >= 4 is 29.7 Å². The third-order valence-electron chi connectivity index (χ3n) is 4.32. The van der Waals surface area contributed by atoms with E-state index < -0.39 is 17.9 Å². The first-order valence-electron chi connectivity index (χ1n) is 8.95. The zero-order valence-corrected chi connectivity index (χ0v) is 16.3. The SMILES string of the molecule is COC(C)CC(NC(=O)CCC(=O)Nc1ccc(C=NN)cc1)C(C)C(=O)O. The number of ether oxygens (including phenoxy) is 1. The topological polar surface area (TPSA) is 143 Å². The number of hydrazone groups is 1. The third kappa shape index (κ3) is 8.17. The Balaban J connectivity index is 2.53. The van der Waals surface area contributed by atoms with Gasteiger partial charge in [0, 0.05) is 31.7 Å². The van der Waals surface area contributed by atoms with Crippen molar-refractivity contribution in [1.29, 1.82) is 0 Å². The molecule has 9 heteroatoms. The smallest absolute Gasteiger partial charge is 0.308 e. The van der Waals surface area contributed by atoms with E-state index in [1.54, 1.807) is 31.2 Å². The Labute approximate surface area is 164 Å². The fraction of sp³-hybridized carbons (Fsp3) is 0.474. The van der Waals surface area contributed by atoms with Crippen LogP contribution in [-0.2, 0) is 19.1 Å². The van der Waals surface area contributed by atoms with Gasteiger partial charge in [0.2, 0.25) is 11.8 Å². The molecule has 0 fully saturated rings. The molecule has 0 bridgehead atoms. The highest BCUT2D eigenvalue weighted by atomic mass is 16.5. The zero-order valence-electron chi connectivity index (χ0n) is 16.3. The van der Waals surface area contributed by atoms with Crippen LogP contribution in [-0.4, -0.2) is 48.4 Å². The van der Waals surface area contributed by atoms with Gasteiger partial charge < -0.3 is 26.3 Å². The Morgan fingerprint density at radius 3 is 2.32 bits per heavy atom. The number of methoxy groups -OCH3 is 1. The Kier molecular flexibility index (Phi) is 9.66. The molecule has 0 aliphatic carbocycles. The highest BCUT2D eigenvalue weighted by molar-refractivity contribution is 5.93. The van der Waals surface area contributed by atoms with E-state index in [4.69, 9.17) is 10.6 Å². The second-order valence-corrected chi connectivity index (χ2v) is 6.53. The molecule has 1 aromatic rings. The minimum absolute atomic E-state index is 0.0220. The van der Waals surface area contributed by atoms with Crippen LogP contribution in [0.1, 0.15) is 38.7 Å². The van der Waals surface area contributed by atoms with Gasteiger partial charge in [-0.05, 0) is 38.0 Å². The van der Waals surface area contributed by atoms with E-state index in [2.05, 4.69) is 15.7 Å². The number of carboxylic acid groups (broad SMARTS) is 1. The van der Waals surface area contributed by atoms with Gasteiger partial charge in [-0.3, -0.25) is 14.4 Å². The zero-order chi connectivity index (χ0) is 21.1. The molecule has 0 aliphatic rings. The molecule has 1 rings (SSSR count). The first kappa shape index (κ1) is 23.1. The van der Waals surface area contributed by atoms with E-state index in [0.29, 0.717) is 12.1 Å². The highest BCUT2D eigenvalue weighted by Crippen LogP contribution is 2.13. The molecule has 3 atom stereocenters. The average molecular weight is 392 g/mol. The molecule has 0 saturated carbocycles. The maximum Gasteiger partial charge on any atom is 0.308 e. The number of carbonyl (C=O) groups is 3. The van der Waals surface area contributed by atoms with Gasteiger partial charge in [0.25, 0.3) is 0 Å². The molecule has 0 aliphatic heterocycles. The van der Waals surface area contributed by atoms with Crippen molar-refractivity contribution in [3.05, 3.63) is 29.8 Å². The van der Waals surface area contributed by atoms with Crippen LogP contribution < -0.4 is 16.5 Å². The first-order chi connectivity index (χ1) is 13.3. The summed E-state index contributed by atoms with van der Waals surface area (Å²) in [6.45, 7) is 3.33. The second kappa shape index (κ2) is 11.7. The molecule has 5 N–H and O–H groups in total. The number of hydrogen-bond donors (Lipinski definition) is 4. The number of nitrogens with two attached hydrogens (primary N) is 1. The predicted molar refractivity (Wildman–Crippen MR) is 106 cm³/mol. The second-order valence-electron chi connectivity index (χ2n) is 6.53. The van der Waals surface area contributed by atoms with E-state index in [9.17, 15) is 19.5 Å². The van der Waals surface area contributed by atoms with Crippen molar-refractivity contribution in [3.8, 4) is 0 Å². The number of carbonyl (C=O) groups excluding carboxylic acids is 2. The van der Waals surface area contributed by atoms with Gasteiger partial charge in [0.15, 0.2) is 0 Å². The van der Waals surface area contributed by atoms with E-state index in [-0.39, 0.29) is 30.8 Å². The molecular weight excluding hydrogens is 364 g/mol. The summed E-state index contributed by atoms with van der Waals surface area (Å²) in [5.41, 5.74) is 1.38. The number of rotatable bonds is 11. The van der Waals surface area contributed by atoms with Gasteiger partial charge in [-0.1, -0.05) is 12.1 Å². The number of amides is 2. The lowest BCUT2D eigenvalue weighted by Crippen LogP contribution is -2.44. The summed E-state index contributed by atoms with van der Waals surface area (Å²) >= 11 is 0. The number of aliphatic carboxylic acids is 1. The van der Waals surface area contributed by atoms with E-state index in [0.717, 1.165) is 5.56 Å². The Morgan fingerprint density at radius 1 is 1.18 bits per heavy atom. The summed E-state index contributed by atoms with van der Waals surface area (Å²) in [7, 11) is 1.52. The molecule has 0 heterocycles. The molecule has 3 unspecified atom stereocenters. The van der Waals surface area contributed by atoms with Crippen molar-refractivity contribution in [1.82, 2.24) is 5.32 Å². The molecule has 28 heavy (non-hydrogen) atoms. The number of nitrogens with one attached hydrogen (secondary N) is 2. The van der Waals surface area contributed by atoms with Crippen LogP contribution in [0, 0.1) is 5.92 Å². The van der Waals surface area contributed by atoms with Crippen molar-refractivity contribution in [2.24, 2.45) is 16.9 Å². The minimum atomic E-state index is -1.01.